The number of methoxy groups -OCH3 is 1. The zero-order valence-corrected chi connectivity index (χ0v) is 15.0. The standard InChI is InChI=1S/C18H26N2O3.ClH/c1-22-13-18(5-7-19-8-6-18)12-20-17(21)11-14-2-3-16-15(10-14)4-9-23-16;/h2-3,10,19H,4-9,11-13H2,1H3,(H,20,21);1H. The molecule has 1 saturated heterocycles. The number of hydrogen-bond acceptors (Lipinski definition) is 4. The van der Waals surface area contributed by atoms with E-state index < -0.39 is 0 Å². The van der Waals surface area contributed by atoms with Crippen molar-refractivity contribution in [3.63, 3.8) is 0 Å². The molecule has 0 bridgehead atoms. The van der Waals surface area contributed by atoms with Gasteiger partial charge in [0.05, 0.1) is 19.6 Å². The van der Waals surface area contributed by atoms with Crippen LogP contribution < -0.4 is 15.4 Å². The first kappa shape index (κ1) is 19.0. The van der Waals surface area contributed by atoms with Crippen LogP contribution in [0, 0.1) is 5.41 Å². The maximum Gasteiger partial charge on any atom is 0.224 e. The predicted molar refractivity (Wildman–Crippen MR) is 96.0 cm³/mol. The van der Waals surface area contributed by atoms with Crippen LogP contribution in [0.25, 0.3) is 0 Å². The SMILES string of the molecule is COCC1(CNC(=O)Cc2ccc3c(c2)CCO3)CCNCC1.Cl. The molecule has 2 aliphatic rings. The molecule has 6 heteroatoms. The van der Waals surface area contributed by atoms with E-state index >= 15 is 0 Å². The number of hydrogen-bond donors (Lipinski definition) is 2. The van der Waals surface area contributed by atoms with Crippen LogP contribution in [0.5, 0.6) is 5.75 Å². The normalized spacial score (nSPS) is 18.2. The Balaban J connectivity index is 0.00000208. The molecular weight excluding hydrogens is 328 g/mol. The minimum absolute atomic E-state index is 0. The predicted octanol–water partition coefficient (Wildman–Crippen LogP) is 1.72. The number of halogens is 1. The molecule has 3 rings (SSSR count). The van der Waals surface area contributed by atoms with Crippen molar-refractivity contribution in [1.82, 2.24) is 10.6 Å². The summed E-state index contributed by atoms with van der Waals surface area (Å²) >= 11 is 0. The first-order valence-electron chi connectivity index (χ1n) is 8.42. The minimum atomic E-state index is 0. The van der Waals surface area contributed by atoms with Crippen molar-refractivity contribution in [3.8, 4) is 5.75 Å². The molecule has 0 spiro atoms. The fraction of sp³-hybridized carbons (Fsp3) is 0.611. The summed E-state index contributed by atoms with van der Waals surface area (Å²) in [6.07, 6.45) is 3.44. The smallest absolute Gasteiger partial charge is 0.224 e. The van der Waals surface area contributed by atoms with Crippen molar-refractivity contribution in [1.29, 1.82) is 0 Å². The van der Waals surface area contributed by atoms with Gasteiger partial charge >= 0.3 is 0 Å². The van der Waals surface area contributed by atoms with E-state index in [0.717, 1.165) is 50.3 Å². The van der Waals surface area contributed by atoms with Gasteiger partial charge in [0.15, 0.2) is 0 Å². The molecule has 24 heavy (non-hydrogen) atoms. The quantitative estimate of drug-likeness (QED) is 0.816. The summed E-state index contributed by atoms with van der Waals surface area (Å²) in [5, 5.41) is 6.49. The number of carbonyl (C=O) groups is 1. The Hall–Kier alpha value is -1.30. The van der Waals surface area contributed by atoms with Gasteiger partial charge in [-0.3, -0.25) is 4.79 Å². The average Bonchev–Trinajstić information content (AvgIpc) is 3.02. The van der Waals surface area contributed by atoms with Gasteiger partial charge in [0.1, 0.15) is 5.75 Å². The van der Waals surface area contributed by atoms with Gasteiger partial charge in [0.2, 0.25) is 5.91 Å². The summed E-state index contributed by atoms with van der Waals surface area (Å²) < 4.78 is 10.9. The van der Waals surface area contributed by atoms with Gasteiger partial charge in [-0.1, -0.05) is 12.1 Å². The Bertz CT molecular complexity index is 554. The van der Waals surface area contributed by atoms with Crippen molar-refractivity contribution >= 4 is 18.3 Å². The molecule has 5 nitrogen and oxygen atoms in total. The molecule has 2 heterocycles. The molecule has 1 aromatic carbocycles. The average molecular weight is 355 g/mol. The summed E-state index contributed by atoms with van der Waals surface area (Å²) in [5.41, 5.74) is 2.34. The van der Waals surface area contributed by atoms with Crippen LogP contribution in [0.4, 0.5) is 0 Å². The highest BCUT2D eigenvalue weighted by Crippen LogP contribution is 2.28. The van der Waals surface area contributed by atoms with Crippen LogP contribution in [0.3, 0.4) is 0 Å². The largest absolute Gasteiger partial charge is 0.493 e. The van der Waals surface area contributed by atoms with Gasteiger partial charge in [-0.05, 0) is 43.1 Å². The lowest BCUT2D eigenvalue weighted by atomic mass is 9.79. The van der Waals surface area contributed by atoms with E-state index in [4.69, 9.17) is 9.47 Å². The minimum Gasteiger partial charge on any atom is -0.493 e. The zero-order valence-electron chi connectivity index (χ0n) is 14.2. The number of nitrogens with one attached hydrogen (secondary N) is 2. The molecule has 0 aliphatic carbocycles. The van der Waals surface area contributed by atoms with Gasteiger partial charge in [0.25, 0.3) is 0 Å². The van der Waals surface area contributed by atoms with Crippen LogP contribution >= 0.6 is 12.4 Å². The summed E-state index contributed by atoms with van der Waals surface area (Å²) in [7, 11) is 1.73. The molecule has 0 atom stereocenters. The summed E-state index contributed by atoms with van der Waals surface area (Å²) in [6, 6.07) is 6.06. The molecule has 2 aliphatic heterocycles. The molecule has 0 aromatic heterocycles. The first-order chi connectivity index (χ1) is 11.2. The molecule has 1 aromatic rings. The Morgan fingerprint density at radius 2 is 2.17 bits per heavy atom. The first-order valence-corrected chi connectivity index (χ1v) is 8.42. The number of carbonyl (C=O) groups excluding carboxylic acids is 1. The number of rotatable bonds is 6. The topological polar surface area (TPSA) is 59.6 Å². The molecule has 0 saturated carbocycles. The molecule has 1 amide bonds. The molecule has 0 radical (unpaired) electrons. The Morgan fingerprint density at radius 3 is 2.92 bits per heavy atom. The van der Waals surface area contributed by atoms with Crippen molar-refractivity contribution in [2.24, 2.45) is 5.41 Å². The van der Waals surface area contributed by atoms with E-state index in [1.165, 1.54) is 5.56 Å². The van der Waals surface area contributed by atoms with Crippen molar-refractivity contribution < 1.29 is 14.3 Å². The third-order valence-electron chi connectivity index (χ3n) is 4.89. The highest BCUT2D eigenvalue weighted by molar-refractivity contribution is 5.85. The maximum absolute atomic E-state index is 12.3. The van der Waals surface area contributed by atoms with Crippen LogP contribution in [-0.4, -0.2) is 45.9 Å². The van der Waals surface area contributed by atoms with Crippen LogP contribution in [0.2, 0.25) is 0 Å². The van der Waals surface area contributed by atoms with Gasteiger partial charge in [-0.25, -0.2) is 0 Å². The van der Waals surface area contributed by atoms with Crippen LogP contribution in [0.15, 0.2) is 18.2 Å². The van der Waals surface area contributed by atoms with Gasteiger partial charge in [0, 0.05) is 25.5 Å². The van der Waals surface area contributed by atoms with E-state index in [9.17, 15) is 4.79 Å². The number of fused-ring (bicyclic) bond motifs is 1. The monoisotopic (exact) mass is 354 g/mol. The molecule has 2 N–H and O–H groups in total. The second kappa shape index (κ2) is 8.70. The molecule has 0 unspecified atom stereocenters. The lowest BCUT2D eigenvalue weighted by Gasteiger charge is -2.37. The second-order valence-corrected chi connectivity index (χ2v) is 6.68. The van der Waals surface area contributed by atoms with Gasteiger partial charge in [-0.15, -0.1) is 12.4 Å². The van der Waals surface area contributed by atoms with Gasteiger partial charge < -0.3 is 20.1 Å². The Labute approximate surface area is 149 Å². The summed E-state index contributed by atoms with van der Waals surface area (Å²) in [5.74, 6) is 1.04. The Morgan fingerprint density at radius 1 is 1.38 bits per heavy atom. The van der Waals surface area contributed by atoms with Crippen molar-refractivity contribution in [2.45, 2.75) is 25.7 Å². The third kappa shape index (κ3) is 4.62. The lowest BCUT2D eigenvalue weighted by molar-refractivity contribution is -0.121. The van der Waals surface area contributed by atoms with E-state index in [0.29, 0.717) is 19.6 Å². The number of amides is 1. The third-order valence-corrected chi connectivity index (χ3v) is 4.89. The molecular formula is C18H27ClN2O3. The van der Waals surface area contributed by atoms with E-state index in [1.54, 1.807) is 7.11 Å². The number of benzene rings is 1. The van der Waals surface area contributed by atoms with Crippen molar-refractivity contribution in [3.05, 3.63) is 29.3 Å². The highest BCUT2D eigenvalue weighted by atomic mass is 35.5. The van der Waals surface area contributed by atoms with Crippen molar-refractivity contribution in [2.75, 3.05) is 40.0 Å². The second-order valence-electron chi connectivity index (χ2n) is 6.68. The zero-order chi connectivity index (χ0) is 16.1. The molecule has 134 valence electrons. The van der Waals surface area contributed by atoms with E-state index in [1.807, 2.05) is 12.1 Å². The summed E-state index contributed by atoms with van der Waals surface area (Å²) in [4.78, 5) is 12.3. The maximum atomic E-state index is 12.3. The highest BCUT2D eigenvalue weighted by Gasteiger charge is 2.32. The number of piperidine rings is 1. The van der Waals surface area contributed by atoms with Crippen LogP contribution in [-0.2, 0) is 22.4 Å². The van der Waals surface area contributed by atoms with Gasteiger partial charge in [-0.2, -0.15) is 0 Å². The lowest BCUT2D eigenvalue weighted by Crippen LogP contribution is -2.47. The van der Waals surface area contributed by atoms with E-state index in [-0.39, 0.29) is 23.7 Å². The number of ether oxygens (including phenoxy) is 2. The fourth-order valence-electron chi connectivity index (χ4n) is 3.52. The fourth-order valence-corrected chi connectivity index (χ4v) is 3.52. The Kier molecular flexibility index (Phi) is 6.90. The van der Waals surface area contributed by atoms with Crippen LogP contribution in [0.1, 0.15) is 24.0 Å². The van der Waals surface area contributed by atoms with E-state index in [2.05, 4.69) is 16.7 Å². The summed E-state index contributed by atoms with van der Waals surface area (Å²) in [6.45, 7) is 4.12. The molecule has 1 fully saturated rings.